The molecule has 28 heavy (non-hydrogen) atoms. The first-order chi connectivity index (χ1) is 13.3. The topological polar surface area (TPSA) is 71.0 Å². The summed E-state index contributed by atoms with van der Waals surface area (Å²) >= 11 is 0. The molecule has 154 valence electrons. The van der Waals surface area contributed by atoms with Gasteiger partial charge in [0.05, 0.1) is 17.8 Å². The lowest BCUT2D eigenvalue weighted by atomic mass is 9.81. The van der Waals surface area contributed by atoms with Crippen molar-refractivity contribution in [3.63, 3.8) is 0 Å². The van der Waals surface area contributed by atoms with Crippen molar-refractivity contribution in [3.05, 3.63) is 12.4 Å². The van der Waals surface area contributed by atoms with E-state index >= 15 is 0 Å². The van der Waals surface area contributed by atoms with Crippen LogP contribution in [0.4, 0.5) is 5.95 Å². The molecular formula is C20H33BN4O3. The molecule has 2 aliphatic heterocycles. The summed E-state index contributed by atoms with van der Waals surface area (Å²) < 4.78 is 12.2. The van der Waals surface area contributed by atoms with Crippen molar-refractivity contribution < 1.29 is 14.4 Å². The number of aromatic nitrogens is 2. The van der Waals surface area contributed by atoms with E-state index in [1.807, 2.05) is 12.4 Å². The summed E-state index contributed by atoms with van der Waals surface area (Å²) in [5.74, 6) is 0.790. The second-order valence-corrected chi connectivity index (χ2v) is 9.34. The Morgan fingerprint density at radius 1 is 1.14 bits per heavy atom. The van der Waals surface area contributed by atoms with Crippen LogP contribution in [0.2, 0.25) is 0 Å². The third kappa shape index (κ3) is 3.92. The summed E-state index contributed by atoms with van der Waals surface area (Å²) in [7, 11) is -0.427. The zero-order chi connectivity index (χ0) is 19.9. The number of aliphatic hydroxyl groups excluding tert-OH is 1. The Morgan fingerprint density at radius 3 is 2.36 bits per heavy atom. The van der Waals surface area contributed by atoms with Gasteiger partial charge in [0.2, 0.25) is 5.95 Å². The van der Waals surface area contributed by atoms with Gasteiger partial charge in [0, 0.05) is 43.0 Å². The van der Waals surface area contributed by atoms with Crippen LogP contribution in [0, 0.1) is 0 Å². The van der Waals surface area contributed by atoms with Crippen molar-refractivity contribution >= 4 is 18.5 Å². The Morgan fingerprint density at radius 2 is 1.79 bits per heavy atom. The number of β-amino-alcohol motifs (C(OH)–C–C–N with tert-alkyl or cyclic N) is 1. The van der Waals surface area contributed by atoms with Crippen LogP contribution in [0.15, 0.2) is 12.4 Å². The van der Waals surface area contributed by atoms with Crippen molar-refractivity contribution in [1.29, 1.82) is 0 Å². The average molecular weight is 388 g/mol. The van der Waals surface area contributed by atoms with Crippen LogP contribution in [0.1, 0.15) is 53.4 Å². The molecular weight excluding hydrogens is 355 g/mol. The van der Waals surface area contributed by atoms with Gasteiger partial charge in [-0.15, -0.1) is 0 Å². The molecule has 0 amide bonds. The Hall–Kier alpha value is -1.22. The van der Waals surface area contributed by atoms with Gasteiger partial charge in [-0.25, -0.2) is 9.97 Å². The largest absolute Gasteiger partial charge is 0.498 e. The van der Waals surface area contributed by atoms with E-state index in [4.69, 9.17) is 9.31 Å². The van der Waals surface area contributed by atoms with Crippen molar-refractivity contribution in [2.45, 2.75) is 76.7 Å². The van der Waals surface area contributed by atoms with E-state index in [2.05, 4.69) is 47.5 Å². The van der Waals surface area contributed by atoms with E-state index < -0.39 is 7.12 Å². The monoisotopic (exact) mass is 388 g/mol. The van der Waals surface area contributed by atoms with Crippen LogP contribution in [-0.4, -0.2) is 76.6 Å². The molecule has 1 atom stereocenters. The number of aliphatic hydroxyl groups is 1. The SMILES string of the molecule is CC1(C)OB(c2cnc(N(C[C@@H]3CCCN3CCO)C3CC3)nc2)OC1(C)C. The highest BCUT2D eigenvalue weighted by atomic mass is 16.7. The average Bonchev–Trinajstić information content (AvgIpc) is 3.34. The summed E-state index contributed by atoms with van der Waals surface area (Å²) in [4.78, 5) is 14.1. The Kier molecular flexibility index (Phi) is 5.42. The molecule has 3 aliphatic rings. The van der Waals surface area contributed by atoms with Gasteiger partial charge in [-0.05, 0) is 59.9 Å². The van der Waals surface area contributed by atoms with E-state index in [0.29, 0.717) is 12.1 Å². The number of likely N-dealkylation sites (tertiary alicyclic amines) is 1. The minimum absolute atomic E-state index is 0.221. The lowest BCUT2D eigenvalue weighted by Crippen LogP contribution is -2.43. The summed E-state index contributed by atoms with van der Waals surface area (Å²) in [6, 6.07) is 1.01. The van der Waals surface area contributed by atoms with Gasteiger partial charge >= 0.3 is 7.12 Å². The summed E-state index contributed by atoms with van der Waals surface area (Å²) in [5, 5.41) is 9.32. The maximum Gasteiger partial charge on any atom is 0.498 e. The minimum Gasteiger partial charge on any atom is -0.399 e. The Labute approximate surface area is 168 Å². The minimum atomic E-state index is -0.427. The number of nitrogens with zero attached hydrogens (tertiary/aromatic N) is 4. The van der Waals surface area contributed by atoms with Crippen LogP contribution in [-0.2, 0) is 9.31 Å². The second kappa shape index (κ2) is 7.56. The molecule has 1 N–H and O–H groups in total. The molecule has 1 aromatic rings. The van der Waals surface area contributed by atoms with Crippen LogP contribution >= 0.6 is 0 Å². The van der Waals surface area contributed by atoms with Gasteiger partial charge < -0.3 is 19.3 Å². The van der Waals surface area contributed by atoms with E-state index in [9.17, 15) is 5.11 Å². The third-order valence-corrected chi connectivity index (χ3v) is 6.72. The lowest BCUT2D eigenvalue weighted by molar-refractivity contribution is 0.00578. The molecule has 0 aromatic carbocycles. The number of hydrogen-bond donors (Lipinski definition) is 1. The van der Waals surface area contributed by atoms with E-state index in [-0.39, 0.29) is 17.8 Å². The van der Waals surface area contributed by atoms with E-state index in [1.165, 1.54) is 25.7 Å². The first-order valence-corrected chi connectivity index (χ1v) is 10.6. The molecule has 8 heteroatoms. The van der Waals surface area contributed by atoms with Crippen LogP contribution in [0.25, 0.3) is 0 Å². The van der Waals surface area contributed by atoms with E-state index in [1.54, 1.807) is 0 Å². The maximum atomic E-state index is 9.32. The fourth-order valence-electron chi connectivity index (χ4n) is 4.11. The van der Waals surface area contributed by atoms with E-state index in [0.717, 1.165) is 31.0 Å². The lowest BCUT2D eigenvalue weighted by Gasteiger charge is -2.32. The van der Waals surface area contributed by atoms with Gasteiger partial charge in [-0.1, -0.05) is 0 Å². The van der Waals surface area contributed by atoms with Crippen LogP contribution in [0.3, 0.4) is 0 Å². The number of rotatable bonds is 7. The zero-order valence-electron chi connectivity index (χ0n) is 17.6. The van der Waals surface area contributed by atoms with Crippen molar-refractivity contribution in [2.24, 2.45) is 0 Å². The molecule has 0 radical (unpaired) electrons. The molecule has 0 bridgehead atoms. The van der Waals surface area contributed by atoms with Crippen molar-refractivity contribution in [1.82, 2.24) is 14.9 Å². The highest BCUT2D eigenvalue weighted by Gasteiger charge is 2.52. The highest BCUT2D eigenvalue weighted by molar-refractivity contribution is 6.61. The molecule has 0 spiro atoms. The van der Waals surface area contributed by atoms with Gasteiger partial charge in [-0.3, -0.25) is 4.90 Å². The summed E-state index contributed by atoms with van der Waals surface area (Å²) in [6.07, 6.45) is 8.48. The quantitative estimate of drug-likeness (QED) is 0.704. The molecule has 3 fully saturated rings. The standard InChI is InChI=1S/C20H33BN4O3/c1-19(2)20(3,4)28-21(27-19)15-12-22-18(23-13-15)25(16-7-8-16)14-17-6-5-9-24(17)10-11-26/h12-13,16-17,26H,5-11,14H2,1-4H3/t17-/m0/s1. The first-order valence-electron chi connectivity index (χ1n) is 10.6. The van der Waals surface area contributed by atoms with Gasteiger partial charge in [0.1, 0.15) is 0 Å². The van der Waals surface area contributed by atoms with Crippen LogP contribution in [0.5, 0.6) is 0 Å². The zero-order valence-corrected chi connectivity index (χ0v) is 17.6. The second-order valence-electron chi connectivity index (χ2n) is 9.34. The predicted molar refractivity (Wildman–Crippen MR) is 110 cm³/mol. The maximum absolute atomic E-state index is 9.32. The fourth-order valence-corrected chi connectivity index (χ4v) is 4.11. The fraction of sp³-hybridized carbons (Fsp3) is 0.800. The first kappa shape index (κ1) is 20.1. The normalized spacial score (nSPS) is 26.8. The molecule has 1 aliphatic carbocycles. The van der Waals surface area contributed by atoms with Gasteiger partial charge in [0.15, 0.2) is 0 Å². The van der Waals surface area contributed by atoms with Gasteiger partial charge in [-0.2, -0.15) is 0 Å². The third-order valence-electron chi connectivity index (χ3n) is 6.72. The smallest absolute Gasteiger partial charge is 0.399 e. The number of anilines is 1. The Balaban J connectivity index is 1.46. The Bertz CT molecular complexity index is 665. The van der Waals surface area contributed by atoms with Crippen molar-refractivity contribution in [2.75, 3.05) is 31.1 Å². The summed E-state index contributed by atoms with van der Waals surface area (Å²) in [6.45, 7) is 11.2. The summed E-state index contributed by atoms with van der Waals surface area (Å²) in [5.41, 5.74) is 0.130. The number of hydrogen-bond acceptors (Lipinski definition) is 7. The molecule has 1 saturated carbocycles. The van der Waals surface area contributed by atoms with Crippen molar-refractivity contribution in [3.8, 4) is 0 Å². The molecule has 3 heterocycles. The molecule has 4 rings (SSSR count). The highest BCUT2D eigenvalue weighted by Crippen LogP contribution is 2.36. The predicted octanol–water partition coefficient (Wildman–Crippen LogP) is 1.20. The molecule has 0 unspecified atom stereocenters. The van der Waals surface area contributed by atoms with Crippen LogP contribution < -0.4 is 10.4 Å². The molecule has 7 nitrogen and oxygen atoms in total. The van der Waals surface area contributed by atoms with Gasteiger partial charge in [0.25, 0.3) is 0 Å². The molecule has 2 saturated heterocycles. The molecule has 1 aromatic heterocycles.